The molecular formula is C35H43NO10. The second-order valence-corrected chi connectivity index (χ2v) is 12.8. The largest absolute Gasteiger partial charge is 0.493 e. The van der Waals surface area contributed by atoms with E-state index in [0.717, 1.165) is 25.7 Å². The number of carbonyl (C=O) groups is 2. The van der Waals surface area contributed by atoms with Crippen molar-refractivity contribution in [3.63, 3.8) is 0 Å². The van der Waals surface area contributed by atoms with Crippen LogP contribution in [0.25, 0.3) is 6.08 Å². The van der Waals surface area contributed by atoms with Crippen molar-refractivity contribution in [1.82, 2.24) is 5.32 Å². The molecule has 8 atom stereocenters. The number of amides is 1. The molecule has 4 aliphatic heterocycles. The Balaban J connectivity index is 1.06. The molecule has 1 saturated carbocycles. The van der Waals surface area contributed by atoms with Gasteiger partial charge in [-0.2, -0.15) is 0 Å². The van der Waals surface area contributed by atoms with Gasteiger partial charge in [-0.3, -0.25) is 9.59 Å². The molecular weight excluding hydrogens is 594 g/mol. The molecule has 2 bridgehead atoms. The molecule has 0 unspecified atom stereocenters. The van der Waals surface area contributed by atoms with E-state index in [-0.39, 0.29) is 36.1 Å². The molecule has 7 rings (SSSR count). The molecule has 1 spiro atoms. The van der Waals surface area contributed by atoms with E-state index in [1.807, 2.05) is 6.92 Å². The Hall–Kier alpha value is -3.64. The minimum absolute atomic E-state index is 0.0258. The van der Waals surface area contributed by atoms with Gasteiger partial charge in [0.15, 0.2) is 35.8 Å². The van der Waals surface area contributed by atoms with E-state index in [4.69, 9.17) is 38.2 Å². The Kier molecular flexibility index (Phi) is 9.04. The van der Waals surface area contributed by atoms with E-state index in [2.05, 4.69) is 19.2 Å². The third-order valence-electron chi connectivity index (χ3n) is 10.1. The number of benzene rings is 2. The summed E-state index contributed by atoms with van der Waals surface area (Å²) >= 11 is 0. The first-order valence-corrected chi connectivity index (χ1v) is 15.9. The van der Waals surface area contributed by atoms with Crippen molar-refractivity contribution < 1.29 is 47.8 Å². The summed E-state index contributed by atoms with van der Waals surface area (Å²) in [4.78, 5) is 38.0. The van der Waals surface area contributed by atoms with Crippen LogP contribution in [0.5, 0.6) is 23.0 Å². The molecule has 4 saturated heterocycles. The minimum atomic E-state index is -0.880. The Bertz CT molecular complexity index is 1480. The van der Waals surface area contributed by atoms with Crippen LogP contribution < -0.4 is 24.3 Å². The number of allylic oxidation sites excluding steroid dienone is 1. The minimum Gasteiger partial charge on any atom is -0.493 e. The first-order chi connectivity index (χ1) is 22.1. The number of rotatable bonds is 10. The summed E-state index contributed by atoms with van der Waals surface area (Å²) in [6, 6.07) is 10.2. The second-order valence-electron chi connectivity index (χ2n) is 12.8. The van der Waals surface area contributed by atoms with Crippen LogP contribution in [0.15, 0.2) is 42.5 Å². The fraction of sp³-hybridized carbons (Fsp3) is 0.543. The maximum atomic E-state index is 13.0. The Morgan fingerprint density at radius 2 is 1.70 bits per heavy atom. The predicted molar refractivity (Wildman–Crippen MR) is 166 cm³/mol. The van der Waals surface area contributed by atoms with Crippen LogP contribution >= 0.6 is 0 Å². The summed E-state index contributed by atoms with van der Waals surface area (Å²) in [6.45, 7) is 6.02. The molecule has 5 aliphatic rings. The Labute approximate surface area is 269 Å². The average Bonchev–Trinajstić information content (AvgIpc) is 3.30. The van der Waals surface area contributed by atoms with Gasteiger partial charge in [0.05, 0.1) is 21.3 Å². The summed E-state index contributed by atoms with van der Waals surface area (Å²) in [5.74, 6) is 1.27. The van der Waals surface area contributed by atoms with Crippen molar-refractivity contribution in [2.75, 3.05) is 27.9 Å². The van der Waals surface area contributed by atoms with Crippen molar-refractivity contribution in [3.8, 4) is 23.0 Å². The fourth-order valence-corrected chi connectivity index (χ4v) is 7.65. The molecule has 2 aromatic rings. The highest BCUT2D eigenvalue weighted by Crippen LogP contribution is 2.60. The summed E-state index contributed by atoms with van der Waals surface area (Å²) in [5, 5.41) is 3.01. The van der Waals surface area contributed by atoms with Gasteiger partial charge in [0.2, 0.25) is 11.5 Å². The molecule has 1 N–H and O–H groups in total. The lowest BCUT2D eigenvalue weighted by molar-refractivity contribution is -0.571. The number of hydrogen-bond acceptors (Lipinski definition) is 10. The van der Waals surface area contributed by atoms with Gasteiger partial charge in [0.1, 0.15) is 12.0 Å². The molecule has 0 aromatic heterocycles. The Morgan fingerprint density at radius 3 is 2.41 bits per heavy atom. The van der Waals surface area contributed by atoms with Gasteiger partial charge in [0, 0.05) is 29.4 Å². The van der Waals surface area contributed by atoms with Gasteiger partial charge >= 0.3 is 0 Å². The zero-order chi connectivity index (χ0) is 32.6. The van der Waals surface area contributed by atoms with E-state index in [9.17, 15) is 9.59 Å². The summed E-state index contributed by atoms with van der Waals surface area (Å²) in [6.07, 6.45) is 5.60. The third kappa shape index (κ3) is 5.74. The van der Waals surface area contributed by atoms with Crippen molar-refractivity contribution in [1.29, 1.82) is 0 Å². The van der Waals surface area contributed by atoms with Gasteiger partial charge in [0.25, 0.3) is 5.91 Å². The van der Waals surface area contributed by atoms with E-state index in [1.54, 1.807) is 49.6 Å². The van der Waals surface area contributed by atoms with Crippen LogP contribution in [-0.2, 0) is 24.0 Å². The molecule has 5 fully saturated rings. The van der Waals surface area contributed by atoms with Gasteiger partial charge in [-0.15, -0.1) is 0 Å². The maximum Gasteiger partial charge on any atom is 0.259 e. The van der Waals surface area contributed by atoms with Crippen molar-refractivity contribution in [3.05, 3.63) is 53.6 Å². The smallest absolute Gasteiger partial charge is 0.259 e. The van der Waals surface area contributed by atoms with Gasteiger partial charge in [-0.05, 0) is 86.6 Å². The number of ketones is 1. The molecule has 2 aromatic carbocycles. The molecule has 11 nitrogen and oxygen atoms in total. The highest BCUT2D eigenvalue weighted by Gasteiger charge is 2.69. The van der Waals surface area contributed by atoms with E-state index in [1.165, 1.54) is 20.3 Å². The number of hydrogen-bond donors (Lipinski definition) is 1. The van der Waals surface area contributed by atoms with Crippen LogP contribution in [0.4, 0.5) is 0 Å². The lowest BCUT2D eigenvalue weighted by Crippen LogP contribution is -2.72. The molecule has 248 valence electrons. The highest BCUT2D eigenvalue weighted by molar-refractivity contribution is 6.07. The van der Waals surface area contributed by atoms with Crippen LogP contribution in [-0.4, -0.2) is 63.5 Å². The zero-order valence-corrected chi connectivity index (χ0v) is 27.2. The molecule has 11 heteroatoms. The van der Waals surface area contributed by atoms with E-state index >= 15 is 0 Å². The number of methoxy groups -OCH3 is 3. The lowest BCUT2D eigenvalue weighted by atomic mass is 9.58. The molecule has 4 heterocycles. The standard InChI is InChI=1S/C35H43NO10/c1-20-7-14-26-21(2)32(43-33-35(26)25(20)17-18-34(3,44-33)45-46-35)36-29(38)19-42-24-12-8-22(9-13-24)27(37)15-10-23-11-16-28(39-4)31(41-6)30(23)40-5/h8-13,15-16,20-21,25-26,32-33H,7,14,17-19H2,1-6H3,(H,36,38)/b15-10+/t20-,21-,25+,26+,32-,33-,34-,35-/m1/s1. The summed E-state index contributed by atoms with van der Waals surface area (Å²) < 4.78 is 34.8. The normalized spacial score (nSPS) is 33.1. The second kappa shape index (κ2) is 12.9. The number of fused-ring (bicyclic) bond motifs is 2. The number of nitrogens with one attached hydrogen (secondary N) is 1. The van der Waals surface area contributed by atoms with E-state index < -0.39 is 23.9 Å². The fourth-order valence-electron chi connectivity index (χ4n) is 7.65. The van der Waals surface area contributed by atoms with Crippen molar-refractivity contribution in [2.24, 2.45) is 23.7 Å². The Morgan fingerprint density at radius 1 is 0.935 bits per heavy atom. The lowest BCUT2D eigenvalue weighted by Gasteiger charge is -2.60. The zero-order valence-electron chi connectivity index (χ0n) is 27.2. The highest BCUT2D eigenvalue weighted by atomic mass is 17.3. The molecule has 1 amide bonds. The quantitative estimate of drug-likeness (QED) is 0.209. The van der Waals surface area contributed by atoms with Crippen molar-refractivity contribution in [2.45, 2.75) is 70.4 Å². The average molecular weight is 638 g/mol. The number of ether oxygens (including phenoxy) is 6. The van der Waals surface area contributed by atoms with Crippen LogP contribution in [0.1, 0.15) is 62.4 Å². The van der Waals surface area contributed by atoms with Crippen LogP contribution in [0.3, 0.4) is 0 Å². The molecule has 46 heavy (non-hydrogen) atoms. The topological polar surface area (TPSA) is 120 Å². The summed E-state index contributed by atoms with van der Waals surface area (Å²) in [5.41, 5.74) is 0.438. The van der Waals surface area contributed by atoms with Gasteiger partial charge in [-0.25, -0.2) is 9.78 Å². The number of carbonyl (C=O) groups excluding carboxylic acids is 2. The van der Waals surface area contributed by atoms with Crippen LogP contribution in [0, 0.1) is 23.7 Å². The third-order valence-corrected chi connectivity index (χ3v) is 10.1. The first-order valence-electron chi connectivity index (χ1n) is 15.9. The monoisotopic (exact) mass is 637 g/mol. The summed E-state index contributed by atoms with van der Waals surface area (Å²) in [7, 11) is 4.59. The molecule has 0 radical (unpaired) electrons. The SMILES string of the molecule is COc1ccc(/C=C/C(=O)c2ccc(OCC(=O)N[C@@H]3O[C@@H]4O[C@@]5(C)CC[C@H]6[C@H](C)CC[C@@H]([C@H]3C)[C@@]46OO5)cc2)c(OC)c1OC. The molecule has 1 aliphatic carbocycles. The van der Waals surface area contributed by atoms with E-state index in [0.29, 0.717) is 40.0 Å². The first kappa shape index (κ1) is 32.3. The predicted octanol–water partition coefficient (Wildman–Crippen LogP) is 5.31. The van der Waals surface area contributed by atoms with Crippen LogP contribution in [0.2, 0.25) is 0 Å². The van der Waals surface area contributed by atoms with Gasteiger partial charge < -0.3 is 33.7 Å². The van der Waals surface area contributed by atoms with Crippen molar-refractivity contribution >= 4 is 17.8 Å². The van der Waals surface area contributed by atoms with Gasteiger partial charge in [-0.1, -0.05) is 13.8 Å². The maximum absolute atomic E-state index is 13.0.